The van der Waals surface area contributed by atoms with Crippen LogP contribution in [0.1, 0.15) is 77.7 Å². The van der Waals surface area contributed by atoms with Crippen LogP contribution >= 0.6 is 0 Å². The van der Waals surface area contributed by atoms with Gasteiger partial charge in [-0.15, -0.1) is 11.1 Å². The molecule has 0 bridgehead atoms. The van der Waals surface area contributed by atoms with Crippen LogP contribution in [0.4, 0.5) is 0 Å². The van der Waals surface area contributed by atoms with E-state index in [2.05, 4.69) is 176 Å². The van der Waals surface area contributed by atoms with Gasteiger partial charge in [0.25, 0.3) is 0 Å². The largest absolute Gasteiger partial charge is 1.00 e. The van der Waals surface area contributed by atoms with Gasteiger partial charge in [-0.1, -0.05) is 181 Å². The van der Waals surface area contributed by atoms with Crippen molar-refractivity contribution in [2.24, 2.45) is 0 Å². The summed E-state index contributed by atoms with van der Waals surface area (Å²) in [6.07, 6.45) is 0. The van der Waals surface area contributed by atoms with Crippen molar-refractivity contribution in [2.45, 2.75) is 168 Å². The van der Waals surface area contributed by atoms with E-state index >= 15 is 0 Å². The van der Waals surface area contributed by atoms with Crippen LogP contribution in [0, 0.1) is 5.16 Å². The fourth-order valence-corrected chi connectivity index (χ4v) is 48.7. The smallest absolute Gasteiger partial charge is 0.481 e. The van der Waals surface area contributed by atoms with E-state index in [9.17, 15) is 0 Å². The van der Waals surface area contributed by atoms with Crippen molar-refractivity contribution in [3.8, 4) is 0 Å². The summed E-state index contributed by atoms with van der Waals surface area (Å²) in [5, 5.41) is 6.82. The second-order valence-corrected chi connectivity index (χ2v) is 55.6. The summed E-state index contributed by atoms with van der Waals surface area (Å²) in [5.74, 6) is 1.05. The first kappa shape index (κ1) is 49.0. The summed E-state index contributed by atoms with van der Waals surface area (Å²) in [6, 6.07) is 13.0. The molecule has 0 nitrogen and oxygen atoms in total. The average Bonchev–Trinajstić information content (AvgIpc) is 2.75. The van der Waals surface area contributed by atoms with Crippen molar-refractivity contribution >= 4 is 68.3 Å². The normalized spacial score (nSPS) is 13.6. The number of benzene rings is 2. The topological polar surface area (TPSA) is 0 Å². The maximum Gasteiger partial charge on any atom is 1.00 e. The van der Waals surface area contributed by atoms with Crippen molar-refractivity contribution < 1.29 is 37.7 Å². The molecule has 2 aromatic rings. The van der Waals surface area contributed by atoms with Gasteiger partial charge in [-0.25, -0.2) is 10.8 Å². The number of hydrogen-bond acceptors (Lipinski definition) is 0. The minimum Gasteiger partial charge on any atom is -0.481 e. The van der Waals surface area contributed by atoms with Crippen LogP contribution in [0.25, 0.3) is 0 Å². The Labute approximate surface area is 334 Å². The van der Waals surface area contributed by atoms with Crippen molar-refractivity contribution in [1.82, 2.24) is 0 Å². The Kier molecular flexibility index (Phi) is 17.4. The fourth-order valence-electron chi connectivity index (χ4n) is 9.70. The predicted octanol–water partition coefficient (Wildman–Crippen LogP) is 5.95. The summed E-state index contributed by atoms with van der Waals surface area (Å²) in [6.45, 7) is 57.7. The summed E-state index contributed by atoms with van der Waals surface area (Å²) in [4.78, 5) is 0. The molecule has 261 valence electrons. The van der Waals surface area contributed by atoms with Gasteiger partial charge in [0.1, 0.15) is 0 Å². The zero-order chi connectivity index (χ0) is 36.2. The Bertz CT molecular complexity index is 1220. The first-order valence-electron chi connectivity index (χ1n) is 18.3. The average molecular weight is 755 g/mol. The van der Waals surface area contributed by atoms with Gasteiger partial charge in [0, 0.05) is 48.4 Å². The Morgan fingerprint density at radius 3 is 1.12 bits per heavy atom. The molecule has 0 heterocycles. The fraction of sp³-hybridized carbons (Fsp3) is 0.667. The van der Waals surface area contributed by atoms with E-state index in [0.717, 1.165) is 10.3 Å². The Morgan fingerprint density at radius 2 is 0.833 bits per heavy atom. The number of rotatable bonds is 13. The Balaban J connectivity index is 0.0000110. The maximum atomic E-state index is 2.88. The molecule has 0 amide bonds. The molecule has 0 aliphatic rings. The maximum absolute atomic E-state index is 2.88. The van der Waals surface area contributed by atoms with E-state index in [1.165, 1.54) is 0 Å². The van der Waals surface area contributed by atoms with Gasteiger partial charge in [0.05, 0.1) is 0 Å². The van der Waals surface area contributed by atoms with Gasteiger partial charge in [-0.05, 0) is 22.2 Å². The minimum absolute atomic E-state index is 0. The summed E-state index contributed by atoms with van der Waals surface area (Å²) < 4.78 is 0. The molecule has 48 heavy (non-hydrogen) atoms. The molecule has 0 N–H and O–H groups in total. The van der Waals surface area contributed by atoms with Gasteiger partial charge in [0.2, 0.25) is 0 Å². The van der Waals surface area contributed by atoms with E-state index in [-0.39, 0.29) is 37.7 Å². The van der Waals surface area contributed by atoms with Crippen LogP contribution in [0.5, 0.6) is 0 Å². The van der Waals surface area contributed by atoms with Crippen molar-refractivity contribution in [1.29, 1.82) is 0 Å². The van der Waals surface area contributed by atoms with Gasteiger partial charge in [0.15, 0.2) is 0 Å². The van der Waals surface area contributed by atoms with Gasteiger partial charge in [-0.2, -0.15) is 11.2 Å². The molecule has 2 aromatic carbocycles. The summed E-state index contributed by atoms with van der Waals surface area (Å²) in [5.41, 5.74) is 8.42. The molecule has 0 aliphatic carbocycles. The van der Waals surface area contributed by atoms with Crippen LogP contribution in [0.2, 0.25) is 118 Å². The van der Waals surface area contributed by atoms with E-state index in [0.29, 0.717) is 21.4 Å². The molecular weight excluding hydrogens is 679 g/mol. The van der Waals surface area contributed by atoms with Crippen LogP contribution in [-0.2, 0) is 0 Å². The van der Waals surface area contributed by atoms with Gasteiger partial charge < -0.3 is 14.7 Å². The summed E-state index contributed by atoms with van der Waals surface area (Å²) in [7, 11) is -8.75. The van der Waals surface area contributed by atoms with Gasteiger partial charge >= 0.3 is 37.7 Å². The quantitative estimate of drug-likeness (QED) is 0.175. The van der Waals surface area contributed by atoms with E-state index < -0.39 is 48.4 Å². The molecule has 0 spiro atoms. The van der Waals surface area contributed by atoms with Crippen LogP contribution < -0.4 is 48.1 Å². The summed E-state index contributed by atoms with van der Waals surface area (Å²) >= 11 is 0. The van der Waals surface area contributed by atoms with E-state index in [1.807, 2.05) is 5.16 Å². The molecule has 0 atom stereocenters. The first-order chi connectivity index (χ1) is 20.3. The first-order valence-corrected chi connectivity index (χ1v) is 40.6. The molecule has 9 heteroatoms. The molecule has 0 fully saturated rings. The second-order valence-electron chi connectivity index (χ2n) is 21.5. The van der Waals surface area contributed by atoms with Crippen molar-refractivity contribution in [3.63, 3.8) is 0 Å². The molecule has 0 aliphatic heterocycles. The molecule has 0 saturated heterocycles. The molecular formula is C39H75Li2Si7. The molecule has 0 unspecified atom stereocenters. The second kappa shape index (κ2) is 17.0. The number of hydrogen-bond donors (Lipinski definition) is 0. The molecule has 0 saturated carbocycles. The minimum atomic E-state index is -1.65. The Hall–Kier alpha value is 1.02. The zero-order valence-corrected chi connectivity index (χ0v) is 43.7. The molecule has 0 aromatic heterocycles. The van der Waals surface area contributed by atoms with E-state index in [4.69, 9.17) is 0 Å². The van der Waals surface area contributed by atoms with E-state index in [1.54, 1.807) is 38.2 Å². The zero-order valence-electron chi connectivity index (χ0n) is 36.7. The van der Waals surface area contributed by atoms with Crippen LogP contribution in [-0.4, -0.2) is 58.0 Å². The van der Waals surface area contributed by atoms with Crippen LogP contribution in [0.15, 0.2) is 30.3 Å². The molecule has 1 radical (unpaired) electrons. The van der Waals surface area contributed by atoms with Crippen molar-refractivity contribution in [2.75, 3.05) is 0 Å². The third-order valence-corrected chi connectivity index (χ3v) is 38.0. The van der Waals surface area contributed by atoms with Crippen molar-refractivity contribution in [3.05, 3.63) is 63.3 Å². The molecule has 2 rings (SSSR count). The van der Waals surface area contributed by atoms with Crippen LogP contribution in [0.3, 0.4) is 0 Å². The monoisotopic (exact) mass is 753 g/mol. The third-order valence-electron chi connectivity index (χ3n) is 9.69. The third kappa shape index (κ3) is 12.0. The van der Waals surface area contributed by atoms with Gasteiger partial charge in [-0.3, -0.25) is 0 Å². The standard InChI is InChI=1S/C39H75Si7.2Li/c1-28(2)31-24-23-25-32(29(3)4)35(31)40-36-33(38(43(11,12)13)44(14,15)16)26-30(37(41(5,6)7)42(8,9)10)27-34(36)39(45(17,18)19)46(20,21)22;;/h23-29,37-38H,1-22H3;;/q-2;2*+1. The SMILES string of the molecule is CC(C)c1cccc(C(C)C)c1[Si-]c1c([C-]([Si](C)(C)C)[Si](C)(C)C)cc(C([Si](C)(C)C)[Si](C)(C)C)cc1C([Si](C)(C)C)[Si](C)(C)C.[Li+].[Li+]. The Morgan fingerprint density at radius 1 is 0.479 bits per heavy atom. The predicted molar refractivity (Wildman–Crippen MR) is 234 cm³/mol.